The molecule has 32 heavy (non-hydrogen) atoms. The van der Waals surface area contributed by atoms with Crippen molar-refractivity contribution >= 4 is 21.9 Å². The lowest BCUT2D eigenvalue weighted by atomic mass is 10.1. The van der Waals surface area contributed by atoms with Crippen LogP contribution in [0, 0.1) is 5.92 Å². The Morgan fingerprint density at radius 1 is 0.969 bits per heavy atom. The molecule has 0 fully saturated rings. The summed E-state index contributed by atoms with van der Waals surface area (Å²) < 4.78 is 17.7. The largest absolute Gasteiger partial charge is 0.492 e. The molecule has 4 nitrogen and oxygen atoms in total. The van der Waals surface area contributed by atoms with Crippen LogP contribution in [0.1, 0.15) is 30.6 Å². The number of ether oxygens (including phenoxy) is 3. The van der Waals surface area contributed by atoms with Crippen molar-refractivity contribution in [3.8, 4) is 28.4 Å². The van der Waals surface area contributed by atoms with Gasteiger partial charge in [0.1, 0.15) is 23.9 Å². The van der Waals surface area contributed by atoms with E-state index in [4.69, 9.17) is 14.2 Å². The summed E-state index contributed by atoms with van der Waals surface area (Å²) >= 11 is 3.60. The summed E-state index contributed by atoms with van der Waals surface area (Å²) in [7, 11) is 0. The minimum absolute atomic E-state index is 0.417. The van der Waals surface area contributed by atoms with E-state index in [-0.39, 0.29) is 0 Å². The summed E-state index contributed by atoms with van der Waals surface area (Å²) in [5.41, 5.74) is 2.51. The minimum Gasteiger partial charge on any atom is -0.492 e. The highest BCUT2D eigenvalue weighted by Gasteiger charge is 2.10. The lowest BCUT2D eigenvalue weighted by Gasteiger charge is -2.13. The van der Waals surface area contributed by atoms with Crippen molar-refractivity contribution < 1.29 is 19.0 Å². The van der Waals surface area contributed by atoms with Gasteiger partial charge in [-0.05, 0) is 81.5 Å². The fourth-order valence-corrected chi connectivity index (χ4v) is 3.36. The Balaban J connectivity index is 1.62. The molecule has 3 rings (SSSR count). The van der Waals surface area contributed by atoms with E-state index < -0.39 is 5.97 Å². The zero-order valence-electron chi connectivity index (χ0n) is 18.3. The van der Waals surface area contributed by atoms with Crippen molar-refractivity contribution in [1.29, 1.82) is 0 Å². The molecule has 0 aliphatic heterocycles. The van der Waals surface area contributed by atoms with E-state index in [2.05, 4.69) is 36.4 Å². The number of carbonyl (C=O) groups is 1. The fourth-order valence-electron chi connectivity index (χ4n) is 2.87. The molecular formula is C27H27BrO4. The molecule has 0 aliphatic rings. The third-order valence-corrected chi connectivity index (χ3v) is 5.63. The number of benzene rings is 3. The standard InChI is InChI=1S/C27H27BrO4/c1-4-16-30-23-11-8-21(9-12-23)27(29)32-24-13-6-20(7-14-24)22-10-15-26(25(28)17-22)31-18-19(3)5-2/h4,6-15,17,19H,1,5,16,18H2,2-3H3. The van der Waals surface area contributed by atoms with Gasteiger partial charge in [0.2, 0.25) is 0 Å². The molecule has 0 radical (unpaired) electrons. The number of rotatable bonds is 10. The van der Waals surface area contributed by atoms with E-state index in [1.807, 2.05) is 30.3 Å². The van der Waals surface area contributed by atoms with Crippen LogP contribution >= 0.6 is 15.9 Å². The molecule has 1 unspecified atom stereocenters. The summed E-state index contributed by atoms with van der Waals surface area (Å²) in [5.74, 6) is 2.09. The van der Waals surface area contributed by atoms with Gasteiger partial charge in [0, 0.05) is 0 Å². The first-order valence-electron chi connectivity index (χ1n) is 10.6. The Labute approximate surface area is 198 Å². The maximum Gasteiger partial charge on any atom is 0.343 e. The zero-order chi connectivity index (χ0) is 22.9. The second kappa shape index (κ2) is 11.5. The van der Waals surface area contributed by atoms with Crippen LogP contribution in [0.4, 0.5) is 0 Å². The van der Waals surface area contributed by atoms with Gasteiger partial charge in [-0.3, -0.25) is 0 Å². The van der Waals surface area contributed by atoms with Gasteiger partial charge in [0.05, 0.1) is 16.6 Å². The summed E-state index contributed by atoms with van der Waals surface area (Å²) in [6, 6.07) is 20.3. The predicted molar refractivity (Wildman–Crippen MR) is 132 cm³/mol. The molecule has 0 saturated carbocycles. The number of esters is 1. The number of hydrogen-bond donors (Lipinski definition) is 0. The van der Waals surface area contributed by atoms with Gasteiger partial charge in [0.15, 0.2) is 0 Å². The fraction of sp³-hybridized carbons (Fsp3) is 0.222. The molecule has 5 heteroatoms. The van der Waals surface area contributed by atoms with E-state index in [0.717, 1.165) is 27.8 Å². The van der Waals surface area contributed by atoms with Crippen LogP contribution in [0.5, 0.6) is 17.2 Å². The second-order valence-electron chi connectivity index (χ2n) is 7.51. The summed E-state index contributed by atoms with van der Waals surface area (Å²) in [4.78, 5) is 12.4. The number of carbonyl (C=O) groups excluding carboxylic acids is 1. The summed E-state index contributed by atoms with van der Waals surface area (Å²) in [5, 5.41) is 0. The van der Waals surface area contributed by atoms with E-state index in [0.29, 0.717) is 36.2 Å². The average Bonchev–Trinajstić information content (AvgIpc) is 2.82. The lowest BCUT2D eigenvalue weighted by molar-refractivity contribution is 0.0734. The maximum atomic E-state index is 12.4. The molecule has 0 bridgehead atoms. The van der Waals surface area contributed by atoms with Crippen LogP contribution in [0.3, 0.4) is 0 Å². The summed E-state index contributed by atoms with van der Waals surface area (Å²) in [6.45, 7) is 9.05. The number of hydrogen-bond acceptors (Lipinski definition) is 4. The van der Waals surface area contributed by atoms with Crippen molar-refractivity contribution in [3.05, 3.63) is 89.4 Å². The molecule has 0 heterocycles. The van der Waals surface area contributed by atoms with E-state index in [1.165, 1.54) is 0 Å². The molecule has 1 atom stereocenters. The first-order valence-corrected chi connectivity index (χ1v) is 11.4. The Morgan fingerprint density at radius 3 is 2.25 bits per heavy atom. The van der Waals surface area contributed by atoms with Gasteiger partial charge >= 0.3 is 5.97 Å². The van der Waals surface area contributed by atoms with Crippen LogP contribution in [0.25, 0.3) is 11.1 Å². The normalized spacial score (nSPS) is 11.5. The molecule has 3 aromatic rings. The average molecular weight is 495 g/mol. The third-order valence-electron chi connectivity index (χ3n) is 5.01. The van der Waals surface area contributed by atoms with Gasteiger partial charge in [-0.2, -0.15) is 0 Å². The van der Waals surface area contributed by atoms with Crippen LogP contribution < -0.4 is 14.2 Å². The van der Waals surface area contributed by atoms with Crippen molar-refractivity contribution in [1.82, 2.24) is 0 Å². The van der Waals surface area contributed by atoms with Gasteiger partial charge < -0.3 is 14.2 Å². The monoisotopic (exact) mass is 494 g/mol. The van der Waals surface area contributed by atoms with Crippen molar-refractivity contribution in [2.75, 3.05) is 13.2 Å². The third kappa shape index (κ3) is 6.47. The van der Waals surface area contributed by atoms with Gasteiger partial charge in [0.25, 0.3) is 0 Å². The van der Waals surface area contributed by atoms with Gasteiger partial charge in [-0.25, -0.2) is 4.79 Å². The SMILES string of the molecule is C=CCOc1ccc(C(=O)Oc2ccc(-c3ccc(OCC(C)CC)c(Br)c3)cc2)cc1. The van der Waals surface area contributed by atoms with Crippen LogP contribution in [-0.4, -0.2) is 19.2 Å². The highest BCUT2D eigenvalue weighted by molar-refractivity contribution is 9.10. The molecule has 0 spiro atoms. The van der Waals surface area contributed by atoms with E-state index >= 15 is 0 Å². The first-order chi connectivity index (χ1) is 15.5. The predicted octanol–water partition coefficient (Wildman–Crippen LogP) is 7.33. The zero-order valence-corrected chi connectivity index (χ0v) is 19.9. The van der Waals surface area contributed by atoms with Crippen molar-refractivity contribution in [2.24, 2.45) is 5.92 Å². The highest BCUT2D eigenvalue weighted by atomic mass is 79.9. The molecule has 0 N–H and O–H groups in total. The van der Waals surface area contributed by atoms with Crippen LogP contribution in [0.15, 0.2) is 83.9 Å². The smallest absolute Gasteiger partial charge is 0.343 e. The van der Waals surface area contributed by atoms with Crippen LogP contribution in [-0.2, 0) is 0 Å². The van der Waals surface area contributed by atoms with Crippen LogP contribution in [0.2, 0.25) is 0 Å². The molecule has 0 aromatic heterocycles. The molecule has 0 saturated heterocycles. The van der Waals surface area contributed by atoms with Crippen molar-refractivity contribution in [3.63, 3.8) is 0 Å². The van der Waals surface area contributed by atoms with Crippen molar-refractivity contribution in [2.45, 2.75) is 20.3 Å². The topological polar surface area (TPSA) is 44.8 Å². The maximum absolute atomic E-state index is 12.4. The quantitative estimate of drug-likeness (QED) is 0.168. The molecule has 0 aliphatic carbocycles. The van der Waals surface area contributed by atoms with E-state index in [1.54, 1.807) is 42.5 Å². The first kappa shape index (κ1) is 23.6. The molecule has 166 valence electrons. The molecule has 3 aromatic carbocycles. The summed E-state index contributed by atoms with van der Waals surface area (Å²) in [6.07, 6.45) is 2.75. The number of halogens is 1. The Bertz CT molecular complexity index is 1040. The Kier molecular flexibility index (Phi) is 8.51. The Hall–Kier alpha value is -3.05. The van der Waals surface area contributed by atoms with Gasteiger partial charge in [-0.15, -0.1) is 0 Å². The van der Waals surface area contributed by atoms with E-state index in [9.17, 15) is 4.79 Å². The van der Waals surface area contributed by atoms with Gasteiger partial charge in [-0.1, -0.05) is 51.1 Å². The minimum atomic E-state index is -0.418. The molecular weight excluding hydrogens is 468 g/mol. The molecule has 0 amide bonds. The lowest BCUT2D eigenvalue weighted by Crippen LogP contribution is -2.08. The second-order valence-corrected chi connectivity index (χ2v) is 8.36. The highest BCUT2D eigenvalue weighted by Crippen LogP contribution is 2.32. The Morgan fingerprint density at radius 2 is 1.62 bits per heavy atom.